The van der Waals surface area contributed by atoms with Crippen LogP contribution < -0.4 is 15.4 Å². The number of hydrogen-bond donors (Lipinski definition) is 2. The van der Waals surface area contributed by atoms with E-state index in [1.165, 1.54) is 11.8 Å². The number of nitrogens with zero attached hydrogens (tertiary/aromatic N) is 3. The van der Waals surface area contributed by atoms with Gasteiger partial charge in [0.25, 0.3) is 5.91 Å². The quantitative estimate of drug-likeness (QED) is 0.154. The standard InChI is InChI=1S/C35H31Cl2N5O2S/c1-21-9-8-14-30(22(21)2)39-33(43)31-23(3)38-34-40-35(45-20-26-11-5-7-13-29(26)37)41-42(34)32(31)24-15-17-27(18-16-24)44-19-25-10-4-6-12-28(25)36/h4-18,32H,19-20H2,1-3H3,(H,39,43)(H,38,40,41). The van der Waals surface area contributed by atoms with E-state index in [0.717, 1.165) is 33.5 Å². The van der Waals surface area contributed by atoms with Crippen molar-refractivity contribution in [3.63, 3.8) is 0 Å². The number of carbonyl (C=O) groups is 1. The van der Waals surface area contributed by atoms with E-state index in [-0.39, 0.29) is 5.91 Å². The third kappa shape index (κ3) is 6.73. The van der Waals surface area contributed by atoms with Crippen LogP contribution in [0.4, 0.5) is 11.6 Å². The number of nitrogens with one attached hydrogen (secondary N) is 2. The van der Waals surface area contributed by atoms with Crippen molar-refractivity contribution in [2.24, 2.45) is 0 Å². The van der Waals surface area contributed by atoms with Crippen LogP contribution in [0, 0.1) is 13.8 Å². The first-order valence-electron chi connectivity index (χ1n) is 14.4. The van der Waals surface area contributed by atoms with Crippen LogP contribution in [-0.4, -0.2) is 20.7 Å². The summed E-state index contributed by atoms with van der Waals surface area (Å²) < 4.78 is 7.81. The third-order valence-electron chi connectivity index (χ3n) is 7.79. The van der Waals surface area contributed by atoms with E-state index in [2.05, 4.69) is 10.6 Å². The van der Waals surface area contributed by atoms with Crippen LogP contribution in [0.15, 0.2) is 107 Å². The monoisotopic (exact) mass is 655 g/mol. The molecule has 0 fully saturated rings. The minimum atomic E-state index is -0.536. The second kappa shape index (κ2) is 13.4. The summed E-state index contributed by atoms with van der Waals surface area (Å²) in [4.78, 5) is 18.8. The fraction of sp³-hybridized carbons (Fsp3) is 0.171. The molecule has 7 nitrogen and oxygen atoms in total. The minimum Gasteiger partial charge on any atom is -0.489 e. The Balaban J connectivity index is 1.31. The summed E-state index contributed by atoms with van der Waals surface area (Å²) in [6.07, 6.45) is 0. The van der Waals surface area contributed by atoms with E-state index in [1.807, 2.05) is 112 Å². The van der Waals surface area contributed by atoms with Crippen LogP contribution >= 0.6 is 35.0 Å². The van der Waals surface area contributed by atoms with Gasteiger partial charge in [0.15, 0.2) is 0 Å². The van der Waals surface area contributed by atoms with Crippen molar-refractivity contribution in [1.82, 2.24) is 14.8 Å². The van der Waals surface area contributed by atoms with Crippen molar-refractivity contribution < 1.29 is 9.53 Å². The second-order valence-electron chi connectivity index (χ2n) is 10.8. The lowest BCUT2D eigenvalue weighted by Crippen LogP contribution is -2.31. The fourth-order valence-electron chi connectivity index (χ4n) is 5.15. The van der Waals surface area contributed by atoms with Crippen molar-refractivity contribution in [2.75, 3.05) is 10.6 Å². The van der Waals surface area contributed by atoms with Crippen molar-refractivity contribution in [2.45, 2.75) is 44.3 Å². The molecule has 0 radical (unpaired) electrons. The highest BCUT2D eigenvalue weighted by Gasteiger charge is 2.34. The van der Waals surface area contributed by atoms with Gasteiger partial charge in [-0.05, 0) is 73.4 Å². The number of aryl methyl sites for hydroxylation is 1. The van der Waals surface area contributed by atoms with Crippen LogP contribution in [-0.2, 0) is 17.2 Å². The lowest BCUT2D eigenvalue weighted by Gasteiger charge is -2.29. The topological polar surface area (TPSA) is 81.1 Å². The molecule has 0 bridgehead atoms. The summed E-state index contributed by atoms with van der Waals surface area (Å²) in [6, 6.07) is 28.4. The van der Waals surface area contributed by atoms with Crippen molar-refractivity contribution in [3.05, 3.63) is 140 Å². The molecule has 1 unspecified atom stereocenters. The fourth-order valence-corrected chi connectivity index (χ4v) is 6.46. The number of anilines is 2. The van der Waals surface area contributed by atoms with Gasteiger partial charge < -0.3 is 15.4 Å². The Morgan fingerprint density at radius 2 is 1.60 bits per heavy atom. The number of amides is 1. The highest BCUT2D eigenvalue weighted by atomic mass is 35.5. The Kier molecular flexibility index (Phi) is 9.16. The molecule has 0 spiro atoms. The van der Waals surface area contributed by atoms with E-state index in [1.54, 1.807) is 4.68 Å². The van der Waals surface area contributed by atoms with Crippen LogP contribution in [0.2, 0.25) is 10.0 Å². The Morgan fingerprint density at radius 1 is 0.911 bits per heavy atom. The zero-order valence-electron chi connectivity index (χ0n) is 25.0. The lowest BCUT2D eigenvalue weighted by molar-refractivity contribution is -0.113. The SMILES string of the molecule is CC1=C(C(=O)Nc2cccc(C)c2C)C(c2ccc(OCc3ccccc3Cl)cc2)n2nc(SCc3ccccc3Cl)nc2N1. The number of carbonyl (C=O) groups excluding carboxylic acids is 1. The predicted molar refractivity (Wildman–Crippen MR) is 182 cm³/mol. The molecule has 0 saturated heterocycles. The number of thioether (sulfide) groups is 1. The molecule has 6 rings (SSSR count). The molecule has 0 saturated carbocycles. The van der Waals surface area contributed by atoms with Gasteiger partial charge in [-0.2, -0.15) is 4.98 Å². The maximum Gasteiger partial charge on any atom is 0.255 e. The number of halogens is 2. The molecule has 1 amide bonds. The number of aromatic nitrogens is 3. The molecule has 5 aromatic rings. The smallest absolute Gasteiger partial charge is 0.255 e. The van der Waals surface area contributed by atoms with Gasteiger partial charge in [-0.1, -0.05) is 95.6 Å². The van der Waals surface area contributed by atoms with Crippen molar-refractivity contribution in [3.8, 4) is 5.75 Å². The van der Waals surface area contributed by atoms with Gasteiger partial charge in [-0.15, -0.1) is 5.10 Å². The van der Waals surface area contributed by atoms with Crippen LogP contribution in [0.5, 0.6) is 5.75 Å². The van der Waals surface area contributed by atoms with E-state index in [9.17, 15) is 4.79 Å². The summed E-state index contributed by atoms with van der Waals surface area (Å²) in [6.45, 7) is 6.26. The van der Waals surface area contributed by atoms with E-state index < -0.39 is 6.04 Å². The first kappa shape index (κ1) is 30.8. The molecule has 1 aliphatic heterocycles. The van der Waals surface area contributed by atoms with Gasteiger partial charge in [0.1, 0.15) is 18.4 Å². The number of rotatable bonds is 9. The molecule has 2 heterocycles. The Labute approximate surface area is 276 Å². The maximum atomic E-state index is 14.0. The molecule has 1 atom stereocenters. The number of fused-ring (bicyclic) bond motifs is 1. The average molecular weight is 657 g/mol. The van der Waals surface area contributed by atoms with Crippen molar-refractivity contribution >= 4 is 52.5 Å². The molecular weight excluding hydrogens is 625 g/mol. The van der Waals surface area contributed by atoms with E-state index in [4.69, 9.17) is 38.0 Å². The Hall–Kier alpha value is -4.24. The first-order chi connectivity index (χ1) is 21.8. The Morgan fingerprint density at radius 3 is 2.31 bits per heavy atom. The van der Waals surface area contributed by atoms with Gasteiger partial charge in [0, 0.05) is 32.7 Å². The average Bonchev–Trinajstić information content (AvgIpc) is 3.44. The largest absolute Gasteiger partial charge is 0.489 e. The van der Waals surface area contributed by atoms with Gasteiger partial charge in [-0.3, -0.25) is 4.79 Å². The lowest BCUT2D eigenvalue weighted by atomic mass is 9.94. The minimum absolute atomic E-state index is 0.218. The Bertz CT molecular complexity index is 1900. The van der Waals surface area contributed by atoms with Crippen LogP contribution in [0.3, 0.4) is 0 Å². The highest BCUT2D eigenvalue weighted by Crippen LogP contribution is 2.38. The zero-order chi connectivity index (χ0) is 31.5. The maximum absolute atomic E-state index is 14.0. The van der Waals surface area contributed by atoms with E-state index in [0.29, 0.717) is 50.5 Å². The highest BCUT2D eigenvalue weighted by molar-refractivity contribution is 7.98. The van der Waals surface area contributed by atoms with Gasteiger partial charge in [-0.25, -0.2) is 4.68 Å². The third-order valence-corrected chi connectivity index (χ3v) is 9.42. The summed E-state index contributed by atoms with van der Waals surface area (Å²) in [5, 5.41) is 13.3. The summed E-state index contributed by atoms with van der Waals surface area (Å²) in [5.74, 6) is 1.63. The number of allylic oxidation sites excluding steroid dienone is 1. The molecule has 1 aromatic heterocycles. The molecule has 45 heavy (non-hydrogen) atoms. The van der Waals surface area contributed by atoms with Gasteiger partial charge in [0.2, 0.25) is 11.1 Å². The molecule has 10 heteroatoms. The number of hydrogen-bond acceptors (Lipinski definition) is 6. The molecule has 0 aliphatic carbocycles. The van der Waals surface area contributed by atoms with Gasteiger partial charge >= 0.3 is 0 Å². The number of benzene rings is 4. The van der Waals surface area contributed by atoms with Crippen LogP contribution in [0.1, 0.15) is 40.8 Å². The van der Waals surface area contributed by atoms with Crippen LogP contribution in [0.25, 0.3) is 0 Å². The normalized spacial score (nSPS) is 14.1. The first-order valence-corrected chi connectivity index (χ1v) is 16.2. The second-order valence-corrected chi connectivity index (χ2v) is 12.5. The molecule has 4 aromatic carbocycles. The predicted octanol–water partition coefficient (Wildman–Crippen LogP) is 9.00. The van der Waals surface area contributed by atoms with E-state index >= 15 is 0 Å². The van der Waals surface area contributed by atoms with Crippen molar-refractivity contribution in [1.29, 1.82) is 0 Å². The zero-order valence-corrected chi connectivity index (χ0v) is 27.3. The molecular formula is C35H31Cl2N5O2S. The molecule has 228 valence electrons. The van der Waals surface area contributed by atoms with Gasteiger partial charge in [0.05, 0.1) is 5.57 Å². The number of ether oxygens (including phenoxy) is 1. The summed E-state index contributed by atoms with van der Waals surface area (Å²) in [7, 11) is 0. The summed E-state index contributed by atoms with van der Waals surface area (Å²) in [5.41, 5.74) is 6.89. The molecule has 2 N–H and O–H groups in total. The molecule has 1 aliphatic rings. The summed E-state index contributed by atoms with van der Waals surface area (Å²) >= 11 is 14.2.